The number of nitrogens with zero attached hydrogens (tertiary/aromatic N) is 2. The Hall–Kier alpha value is -4.01. The molecule has 0 spiro atoms. The molecule has 0 atom stereocenters. The van der Waals surface area contributed by atoms with Gasteiger partial charge in [-0.05, 0) is 56.9 Å². The monoisotopic (exact) mass is 568 g/mol. The minimum Gasteiger partial charge on any atom is -0.477 e. The Balaban J connectivity index is 1.70. The third kappa shape index (κ3) is 4.89. The lowest BCUT2D eigenvalue weighted by Gasteiger charge is -2.38. The smallest absolute Gasteiger partial charge is 0.346 e. The Morgan fingerprint density at radius 2 is 1.73 bits per heavy atom. The Kier molecular flexibility index (Phi) is 7.24. The van der Waals surface area contributed by atoms with E-state index in [2.05, 4.69) is 64.3 Å². The quantitative estimate of drug-likeness (QED) is 0.327. The van der Waals surface area contributed by atoms with Crippen LogP contribution in [0.4, 0.5) is 5.69 Å². The van der Waals surface area contributed by atoms with E-state index in [4.69, 9.17) is 0 Å². The summed E-state index contributed by atoms with van der Waals surface area (Å²) in [6, 6.07) is 17.9. The molecular formula is C32H34N3O3SSi+. The summed E-state index contributed by atoms with van der Waals surface area (Å²) < 4.78 is 2.10. The Morgan fingerprint density at radius 3 is 2.38 bits per heavy atom. The number of nitrogens with one attached hydrogen (secondary N) is 1. The summed E-state index contributed by atoms with van der Waals surface area (Å²) in [6.45, 7) is 5.08. The number of benzene rings is 2. The standard InChI is InChI=1S/C32H33N3O3SSi/c1-34(2)21-12-14-23-27(16-21)40(5,6)28-17-22(35(3)4)13-15-24(28)29(23)25-18-26(39-30(25)32(37)38)31(36)33-19-20-10-8-7-9-11-20/h7-18H,19H2,1-6H3,(H-,33,36,37,38)/p+1. The number of aromatic carboxylic acids is 1. The summed E-state index contributed by atoms with van der Waals surface area (Å²) in [7, 11) is 5.96. The maximum absolute atomic E-state index is 13.2. The third-order valence-electron chi connectivity index (χ3n) is 7.64. The van der Waals surface area contributed by atoms with Gasteiger partial charge >= 0.3 is 5.97 Å². The van der Waals surface area contributed by atoms with Crippen LogP contribution in [0.5, 0.6) is 0 Å². The van der Waals surface area contributed by atoms with E-state index in [-0.39, 0.29) is 10.8 Å². The van der Waals surface area contributed by atoms with Gasteiger partial charge in [0.05, 0.1) is 4.88 Å². The van der Waals surface area contributed by atoms with Crippen LogP contribution in [0.2, 0.25) is 13.1 Å². The molecule has 0 radical (unpaired) electrons. The number of hydrogen-bond acceptors (Lipinski definition) is 4. The van der Waals surface area contributed by atoms with Crippen molar-refractivity contribution < 1.29 is 19.3 Å². The van der Waals surface area contributed by atoms with E-state index >= 15 is 0 Å². The van der Waals surface area contributed by atoms with Gasteiger partial charge in [-0.25, -0.2) is 9.37 Å². The van der Waals surface area contributed by atoms with Crippen molar-refractivity contribution in [3.8, 4) is 0 Å². The van der Waals surface area contributed by atoms with Gasteiger partial charge in [0.2, 0.25) is 0 Å². The van der Waals surface area contributed by atoms with Gasteiger partial charge in [-0.3, -0.25) is 4.79 Å². The number of allylic oxidation sites excluding steroid dienone is 5. The highest BCUT2D eigenvalue weighted by Crippen LogP contribution is 2.44. The van der Waals surface area contributed by atoms with Crippen molar-refractivity contribution in [3.63, 3.8) is 0 Å². The molecule has 0 saturated heterocycles. The number of carboxylic acids is 1. The highest BCUT2D eigenvalue weighted by Gasteiger charge is 2.41. The predicted octanol–water partition coefficient (Wildman–Crippen LogP) is 4.92. The first-order valence-corrected chi connectivity index (χ1v) is 17.0. The number of carbonyl (C=O) groups excluding carboxylic acids is 1. The van der Waals surface area contributed by atoms with Gasteiger partial charge in [-0.15, -0.1) is 11.3 Å². The minimum atomic E-state index is -2.17. The van der Waals surface area contributed by atoms with Crippen LogP contribution in [-0.4, -0.2) is 63.5 Å². The molecule has 0 unspecified atom stereocenters. The highest BCUT2D eigenvalue weighted by atomic mass is 32.1. The van der Waals surface area contributed by atoms with Crippen molar-refractivity contribution in [1.29, 1.82) is 0 Å². The predicted molar refractivity (Wildman–Crippen MR) is 167 cm³/mol. The average Bonchev–Trinajstić information content (AvgIpc) is 3.37. The Bertz CT molecular complexity index is 1660. The normalized spacial score (nSPS) is 15.2. The maximum Gasteiger partial charge on any atom is 0.346 e. The van der Waals surface area contributed by atoms with Crippen LogP contribution in [0.3, 0.4) is 0 Å². The molecule has 3 aromatic rings. The van der Waals surface area contributed by atoms with Crippen LogP contribution in [0.15, 0.2) is 83.6 Å². The summed E-state index contributed by atoms with van der Waals surface area (Å²) in [6.07, 6.45) is 6.46. The van der Waals surface area contributed by atoms with Crippen LogP contribution >= 0.6 is 11.3 Å². The van der Waals surface area contributed by atoms with Crippen LogP contribution in [-0.2, 0) is 6.54 Å². The fourth-order valence-electron chi connectivity index (χ4n) is 5.38. The first-order chi connectivity index (χ1) is 19.0. The number of fused-ring (bicyclic) bond motifs is 2. The van der Waals surface area contributed by atoms with E-state index in [9.17, 15) is 14.7 Å². The molecule has 0 fully saturated rings. The molecule has 2 heterocycles. The van der Waals surface area contributed by atoms with E-state index in [1.807, 2.05) is 58.5 Å². The zero-order chi connectivity index (χ0) is 28.8. The van der Waals surface area contributed by atoms with E-state index < -0.39 is 14.0 Å². The molecule has 2 N–H and O–H groups in total. The molecule has 1 aliphatic heterocycles. The number of anilines is 1. The number of rotatable bonds is 6. The number of amides is 1. The fraction of sp³-hybridized carbons (Fsp3) is 0.219. The van der Waals surface area contributed by atoms with Crippen molar-refractivity contribution in [2.24, 2.45) is 0 Å². The molecule has 8 heteroatoms. The van der Waals surface area contributed by atoms with Crippen LogP contribution < -0.4 is 15.4 Å². The molecule has 2 aliphatic rings. The van der Waals surface area contributed by atoms with Gasteiger partial charge in [0.1, 0.15) is 27.0 Å². The lowest BCUT2D eigenvalue weighted by atomic mass is 9.89. The van der Waals surface area contributed by atoms with E-state index in [0.29, 0.717) is 17.0 Å². The highest BCUT2D eigenvalue weighted by molar-refractivity contribution is 7.16. The van der Waals surface area contributed by atoms with Gasteiger partial charge in [0.25, 0.3) is 5.91 Å². The molecule has 5 rings (SSSR count). The summed E-state index contributed by atoms with van der Waals surface area (Å²) >= 11 is 1.03. The second kappa shape index (κ2) is 10.5. The van der Waals surface area contributed by atoms with Crippen molar-refractivity contribution in [3.05, 3.63) is 110 Å². The van der Waals surface area contributed by atoms with Gasteiger partial charge < -0.3 is 15.3 Å². The van der Waals surface area contributed by atoms with Crippen molar-refractivity contribution in [2.45, 2.75) is 19.6 Å². The second-order valence-electron chi connectivity index (χ2n) is 11.1. The molecule has 0 bridgehead atoms. The Labute approximate surface area is 240 Å². The SMILES string of the molecule is CN(C)c1ccc2c(c1)[Si](C)(C)C1=CC(=[N+](C)C)C=CC1=C2c1cc(C(=O)NCc2ccccc2)sc1C(=O)O. The van der Waals surface area contributed by atoms with Gasteiger partial charge in [-0.2, -0.15) is 0 Å². The minimum absolute atomic E-state index is 0.173. The summed E-state index contributed by atoms with van der Waals surface area (Å²) in [5, 5.41) is 15.8. The lowest BCUT2D eigenvalue weighted by molar-refractivity contribution is -0.462. The molecule has 1 aromatic heterocycles. The Morgan fingerprint density at radius 1 is 1.00 bits per heavy atom. The number of carbonyl (C=O) groups is 2. The molecule has 0 saturated carbocycles. The lowest BCUT2D eigenvalue weighted by Crippen LogP contribution is -2.49. The summed E-state index contributed by atoms with van der Waals surface area (Å²) in [4.78, 5) is 28.4. The summed E-state index contributed by atoms with van der Waals surface area (Å²) in [5.41, 5.74) is 6.75. The van der Waals surface area contributed by atoms with Gasteiger partial charge in [0, 0.05) is 44.0 Å². The number of thiophene rings is 1. The molecule has 2 aromatic carbocycles. The first-order valence-electron chi connectivity index (χ1n) is 13.2. The van der Waals surface area contributed by atoms with Crippen molar-refractivity contribution >= 4 is 53.4 Å². The van der Waals surface area contributed by atoms with Crippen LogP contribution in [0.25, 0.3) is 5.57 Å². The van der Waals surface area contributed by atoms with Crippen LogP contribution in [0.1, 0.15) is 36.0 Å². The number of carboxylic acid groups (broad SMARTS) is 1. The number of hydrogen-bond donors (Lipinski definition) is 2. The zero-order valence-electron chi connectivity index (χ0n) is 23.7. The molecule has 1 aliphatic carbocycles. The first kappa shape index (κ1) is 27.5. The molecule has 40 heavy (non-hydrogen) atoms. The van der Waals surface area contributed by atoms with Crippen molar-refractivity contribution in [1.82, 2.24) is 5.32 Å². The van der Waals surface area contributed by atoms with Gasteiger partial charge in [-0.1, -0.05) is 49.5 Å². The maximum atomic E-state index is 13.2. The molecule has 204 valence electrons. The van der Waals surface area contributed by atoms with E-state index in [0.717, 1.165) is 45.0 Å². The third-order valence-corrected chi connectivity index (χ3v) is 12.3. The fourth-order valence-corrected chi connectivity index (χ4v) is 9.37. The molecule has 6 nitrogen and oxygen atoms in total. The zero-order valence-corrected chi connectivity index (χ0v) is 25.5. The molecular weight excluding hydrogens is 535 g/mol. The average molecular weight is 569 g/mol. The largest absolute Gasteiger partial charge is 0.477 e. The van der Waals surface area contributed by atoms with Crippen LogP contribution in [0, 0.1) is 0 Å². The van der Waals surface area contributed by atoms with E-state index in [1.54, 1.807) is 6.07 Å². The topological polar surface area (TPSA) is 72.7 Å². The van der Waals surface area contributed by atoms with E-state index in [1.165, 1.54) is 10.4 Å². The van der Waals surface area contributed by atoms with Gasteiger partial charge in [0.15, 0.2) is 5.71 Å². The second-order valence-corrected chi connectivity index (χ2v) is 16.5. The summed E-state index contributed by atoms with van der Waals surface area (Å²) in [5.74, 6) is -1.31. The molecule has 1 amide bonds. The van der Waals surface area contributed by atoms with Crippen molar-refractivity contribution in [2.75, 3.05) is 33.1 Å².